The predicted octanol–water partition coefficient (Wildman–Crippen LogP) is 2.14. The Hall–Kier alpha value is -1.30. The molecule has 3 N–H and O–H groups in total. The lowest BCUT2D eigenvalue weighted by Crippen LogP contribution is -2.53. The maximum absolute atomic E-state index is 11.8. The fraction of sp³-hybridized carbons (Fsp3) is 0.562. The van der Waals surface area contributed by atoms with Crippen molar-refractivity contribution < 1.29 is 14.3 Å². The van der Waals surface area contributed by atoms with Gasteiger partial charge in [0.15, 0.2) is 0 Å². The van der Waals surface area contributed by atoms with Gasteiger partial charge in [0.05, 0.1) is 12.1 Å². The van der Waals surface area contributed by atoms with E-state index in [0.29, 0.717) is 19.8 Å². The second-order valence-corrected chi connectivity index (χ2v) is 4.95. The summed E-state index contributed by atoms with van der Waals surface area (Å²) in [5.41, 5.74) is 5.42. The van der Waals surface area contributed by atoms with Crippen molar-refractivity contribution in [3.63, 3.8) is 0 Å². The van der Waals surface area contributed by atoms with Crippen LogP contribution in [0.2, 0.25) is 0 Å². The zero-order chi connectivity index (χ0) is 15.6. The third kappa shape index (κ3) is 7.11. The molecule has 0 heterocycles. The summed E-state index contributed by atoms with van der Waals surface area (Å²) in [5.74, 6) is 0.661. The van der Waals surface area contributed by atoms with Gasteiger partial charge < -0.3 is 20.5 Å². The molecule has 0 aliphatic heterocycles. The van der Waals surface area contributed by atoms with Crippen molar-refractivity contribution in [2.24, 2.45) is 5.73 Å². The molecule has 0 saturated heterocycles. The summed E-state index contributed by atoms with van der Waals surface area (Å²) in [6.07, 6.45) is 1.62. The Labute approximate surface area is 139 Å². The molecule has 0 aromatic heterocycles. The number of rotatable bonds is 10. The average molecular weight is 331 g/mol. The maximum Gasteiger partial charge on any atom is 0.246 e. The number of hydrogen-bond acceptors (Lipinski definition) is 4. The van der Waals surface area contributed by atoms with E-state index in [1.54, 1.807) is 0 Å². The van der Waals surface area contributed by atoms with E-state index < -0.39 is 0 Å². The van der Waals surface area contributed by atoms with Crippen LogP contribution in [-0.2, 0) is 9.53 Å². The molecular weight excluding hydrogens is 304 g/mol. The molecule has 0 aliphatic rings. The second kappa shape index (κ2) is 11.3. The summed E-state index contributed by atoms with van der Waals surface area (Å²) in [4.78, 5) is 11.8. The minimum Gasteiger partial charge on any atom is -0.491 e. The molecule has 0 spiro atoms. The first kappa shape index (κ1) is 20.7. The van der Waals surface area contributed by atoms with E-state index in [2.05, 4.69) is 5.32 Å². The number of carbonyl (C=O) groups is 1. The van der Waals surface area contributed by atoms with Crippen molar-refractivity contribution in [2.45, 2.75) is 32.2 Å². The number of benzene rings is 1. The fourth-order valence-electron chi connectivity index (χ4n) is 2.00. The topological polar surface area (TPSA) is 73.6 Å². The lowest BCUT2D eigenvalue weighted by Gasteiger charge is -2.31. The standard InChI is InChI=1S/C16H26N2O3.ClH/c1-3-16(4-2,13-17)18-15(19)12-20-10-11-21-14-8-6-5-7-9-14;/h5-9H,3-4,10-13,17H2,1-2H3,(H,18,19);1H. The minimum atomic E-state index is -0.318. The maximum atomic E-state index is 11.8. The summed E-state index contributed by atoms with van der Waals surface area (Å²) in [6.45, 7) is 5.29. The molecule has 0 saturated carbocycles. The van der Waals surface area contributed by atoms with Crippen molar-refractivity contribution >= 4 is 18.3 Å². The van der Waals surface area contributed by atoms with Crippen LogP contribution in [0.1, 0.15) is 26.7 Å². The van der Waals surface area contributed by atoms with Gasteiger partial charge in [-0.25, -0.2) is 0 Å². The Morgan fingerprint density at radius 3 is 2.36 bits per heavy atom. The van der Waals surface area contributed by atoms with Gasteiger partial charge in [0, 0.05) is 6.54 Å². The highest BCUT2D eigenvalue weighted by molar-refractivity contribution is 5.85. The molecule has 0 aliphatic carbocycles. The van der Waals surface area contributed by atoms with Crippen molar-refractivity contribution in [3.8, 4) is 5.75 Å². The molecule has 0 fully saturated rings. The van der Waals surface area contributed by atoms with E-state index in [4.69, 9.17) is 15.2 Å². The van der Waals surface area contributed by atoms with Crippen LogP contribution in [0.25, 0.3) is 0 Å². The smallest absolute Gasteiger partial charge is 0.246 e. The first-order chi connectivity index (χ1) is 10.2. The van der Waals surface area contributed by atoms with Crippen LogP contribution in [0.15, 0.2) is 30.3 Å². The highest BCUT2D eigenvalue weighted by Gasteiger charge is 2.25. The lowest BCUT2D eigenvalue weighted by atomic mass is 9.93. The van der Waals surface area contributed by atoms with Gasteiger partial charge in [-0.1, -0.05) is 32.0 Å². The molecular formula is C16H27ClN2O3. The third-order valence-electron chi connectivity index (χ3n) is 3.62. The Kier molecular flexibility index (Phi) is 10.6. The zero-order valence-electron chi connectivity index (χ0n) is 13.3. The molecule has 6 heteroatoms. The van der Waals surface area contributed by atoms with Crippen molar-refractivity contribution in [1.82, 2.24) is 5.32 Å². The normalized spacial score (nSPS) is 10.7. The molecule has 126 valence electrons. The molecule has 1 amide bonds. The third-order valence-corrected chi connectivity index (χ3v) is 3.62. The zero-order valence-corrected chi connectivity index (χ0v) is 14.2. The van der Waals surface area contributed by atoms with Crippen LogP contribution in [-0.4, -0.2) is 37.8 Å². The Balaban J connectivity index is 0.00000441. The van der Waals surface area contributed by atoms with Crippen molar-refractivity contribution in [2.75, 3.05) is 26.4 Å². The highest BCUT2D eigenvalue weighted by atomic mass is 35.5. The number of nitrogens with one attached hydrogen (secondary N) is 1. The summed E-state index contributed by atoms with van der Waals surface area (Å²) in [6, 6.07) is 9.51. The van der Waals surface area contributed by atoms with E-state index in [-0.39, 0.29) is 30.5 Å². The molecule has 5 nitrogen and oxygen atoms in total. The molecule has 22 heavy (non-hydrogen) atoms. The van der Waals surface area contributed by atoms with Gasteiger partial charge in [0.1, 0.15) is 19.0 Å². The summed E-state index contributed by atoms with van der Waals surface area (Å²) >= 11 is 0. The SMILES string of the molecule is CCC(CC)(CN)NC(=O)COCCOc1ccccc1.Cl. The summed E-state index contributed by atoms with van der Waals surface area (Å²) in [7, 11) is 0. The number of para-hydroxylation sites is 1. The molecule has 1 aromatic rings. The van der Waals surface area contributed by atoms with E-state index in [1.165, 1.54) is 0 Å². The Morgan fingerprint density at radius 1 is 1.18 bits per heavy atom. The van der Waals surface area contributed by atoms with E-state index in [0.717, 1.165) is 18.6 Å². The first-order valence-electron chi connectivity index (χ1n) is 7.42. The molecule has 0 radical (unpaired) electrons. The largest absolute Gasteiger partial charge is 0.491 e. The van der Waals surface area contributed by atoms with Crippen molar-refractivity contribution in [3.05, 3.63) is 30.3 Å². The number of carbonyl (C=O) groups excluding carboxylic acids is 1. The second-order valence-electron chi connectivity index (χ2n) is 4.95. The summed E-state index contributed by atoms with van der Waals surface area (Å²) in [5, 5.41) is 2.96. The van der Waals surface area contributed by atoms with Gasteiger partial charge in [-0.2, -0.15) is 0 Å². The van der Waals surface area contributed by atoms with E-state index in [1.807, 2.05) is 44.2 Å². The van der Waals surface area contributed by atoms with Gasteiger partial charge in [0.25, 0.3) is 0 Å². The highest BCUT2D eigenvalue weighted by Crippen LogP contribution is 2.12. The predicted molar refractivity (Wildman–Crippen MR) is 90.5 cm³/mol. The van der Waals surface area contributed by atoms with E-state index >= 15 is 0 Å². The van der Waals surface area contributed by atoms with Crippen molar-refractivity contribution in [1.29, 1.82) is 0 Å². The van der Waals surface area contributed by atoms with Gasteiger partial charge in [-0.3, -0.25) is 4.79 Å². The van der Waals surface area contributed by atoms with E-state index in [9.17, 15) is 4.79 Å². The van der Waals surface area contributed by atoms with Crippen LogP contribution in [0.3, 0.4) is 0 Å². The van der Waals surface area contributed by atoms with Gasteiger partial charge in [0.2, 0.25) is 5.91 Å². The summed E-state index contributed by atoms with van der Waals surface area (Å²) < 4.78 is 10.8. The van der Waals surface area contributed by atoms with Crippen LogP contribution in [0.4, 0.5) is 0 Å². The molecule has 0 bridgehead atoms. The van der Waals surface area contributed by atoms with Crippen LogP contribution in [0.5, 0.6) is 5.75 Å². The fourth-order valence-corrected chi connectivity index (χ4v) is 2.00. The number of hydrogen-bond donors (Lipinski definition) is 2. The lowest BCUT2D eigenvalue weighted by molar-refractivity contribution is -0.128. The number of amides is 1. The molecule has 1 rings (SSSR count). The van der Waals surface area contributed by atoms with Crippen LogP contribution < -0.4 is 15.8 Å². The molecule has 1 aromatic carbocycles. The van der Waals surface area contributed by atoms with Gasteiger partial charge in [-0.05, 0) is 25.0 Å². The molecule has 0 unspecified atom stereocenters. The van der Waals surface area contributed by atoms with Gasteiger partial charge in [-0.15, -0.1) is 12.4 Å². The van der Waals surface area contributed by atoms with Crippen LogP contribution >= 0.6 is 12.4 Å². The number of nitrogens with two attached hydrogens (primary N) is 1. The van der Waals surface area contributed by atoms with Crippen LogP contribution in [0, 0.1) is 0 Å². The quantitative estimate of drug-likeness (QED) is 0.645. The Bertz CT molecular complexity index is 403. The Morgan fingerprint density at radius 2 is 1.82 bits per heavy atom. The first-order valence-corrected chi connectivity index (χ1v) is 7.42. The number of ether oxygens (including phenoxy) is 2. The monoisotopic (exact) mass is 330 g/mol. The number of halogens is 1. The minimum absolute atomic E-state index is 0. The average Bonchev–Trinajstić information content (AvgIpc) is 2.53. The van der Waals surface area contributed by atoms with Gasteiger partial charge >= 0.3 is 0 Å². The molecule has 0 atom stereocenters.